The number of aromatic nitrogens is 4. The van der Waals surface area contributed by atoms with Crippen molar-refractivity contribution in [3.8, 4) is 21.3 Å². The Morgan fingerprint density at radius 3 is 2.76 bits per heavy atom. The Morgan fingerprint density at radius 2 is 2.00 bits per heavy atom. The van der Waals surface area contributed by atoms with Crippen molar-refractivity contribution in [1.82, 2.24) is 20.3 Å². The van der Waals surface area contributed by atoms with Crippen LogP contribution in [0.25, 0.3) is 21.3 Å². The molecule has 2 N–H and O–H groups in total. The van der Waals surface area contributed by atoms with E-state index in [1.807, 2.05) is 41.1 Å². The molecule has 25 heavy (non-hydrogen) atoms. The molecule has 0 aliphatic carbocycles. The van der Waals surface area contributed by atoms with Crippen LogP contribution in [0.5, 0.6) is 0 Å². The second kappa shape index (κ2) is 6.99. The molecule has 0 radical (unpaired) electrons. The van der Waals surface area contributed by atoms with Gasteiger partial charge in [-0.05, 0) is 22.9 Å². The summed E-state index contributed by atoms with van der Waals surface area (Å²) in [6.45, 7) is 0. The molecule has 0 atom stereocenters. The topological polar surface area (TPSA) is 96.7 Å². The minimum Gasteiger partial charge on any atom is -0.339 e. The highest BCUT2D eigenvalue weighted by Crippen LogP contribution is 2.24. The van der Waals surface area contributed by atoms with Crippen LogP contribution in [0, 0.1) is 0 Å². The maximum absolute atomic E-state index is 12.1. The van der Waals surface area contributed by atoms with E-state index in [2.05, 4.69) is 25.7 Å². The quantitative estimate of drug-likeness (QED) is 0.537. The van der Waals surface area contributed by atoms with Crippen LogP contribution >= 0.6 is 22.7 Å². The summed E-state index contributed by atoms with van der Waals surface area (Å²) in [6.07, 6.45) is 0.625. The van der Waals surface area contributed by atoms with Gasteiger partial charge in [0.2, 0.25) is 17.6 Å². The molecule has 0 fully saturated rings. The number of hydrogen-bond donors (Lipinski definition) is 2. The smallest absolute Gasteiger partial charge is 0.227 e. The molecule has 4 rings (SSSR count). The first-order chi connectivity index (χ1) is 12.3. The first kappa shape index (κ1) is 15.7. The average molecular weight is 371 g/mol. The molecular formula is C16H13N5O2S2. The number of nitrogens with one attached hydrogen (secondary N) is 2. The number of aromatic amines is 1. The fourth-order valence-corrected chi connectivity index (χ4v) is 3.57. The van der Waals surface area contributed by atoms with E-state index < -0.39 is 0 Å². The van der Waals surface area contributed by atoms with Crippen LogP contribution in [0.1, 0.15) is 12.3 Å². The molecule has 0 spiro atoms. The number of H-pyrrole nitrogens is 1. The summed E-state index contributed by atoms with van der Waals surface area (Å²) < 4.78 is 5.19. The van der Waals surface area contributed by atoms with E-state index >= 15 is 0 Å². The number of amides is 1. The maximum atomic E-state index is 12.1. The number of carbonyl (C=O) groups excluding carboxylic acids is 1. The third-order valence-electron chi connectivity index (χ3n) is 3.41. The van der Waals surface area contributed by atoms with E-state index in [0.29, 0.717) is 24.0 Å². The molecule has 4 aromatic heterocycles. The molecule has 4 aromatic rings. The predicted octanol–water partition coefficient (Wildman–Crippen LogP) is 3.82. The van der Waals surface area contributed by atoms with E-state index in [4.69, 9.17) is 4.52 Å². The van der Waals surface area contributed by atoms with Gasteiger partial charge in [0.1, 0.15) is 0 Å². The summed E-state index contributed by atoms with van der Waals surface area (Å²) in [5.41, 5.74) is 0.878. The van der Waals surface area contributed by atoms with Crippen molar-refractivity contribution in [3.63, 3.8) is 0 Å². The summed E-state index contributed by atoms with van der Waals surface area (Å²) in [7, 11) is 0. The largest absolute Gasteiger partial charge is 0.339 e. The summed E-state index contributed by atoms with van der Waals surface area (Å²) in [5.74, 6) is 1.34. The fraction of sp³-hybridized carbons (Fsp3) is 0.125. The van der Waals surface area contributed by atoms with Gasteiger partial charge >= 0.3 is 0 Å². The van der Waals surface area contributed by atoms with Gasteiger partial charge in [0.15, 0.2) is 5.82 Å². The van der Waals surface area contributed by atoms with Crippen molar-refractivity contribution in [2.24, 2.45) is 0 Å². The lowest BCUT2D eigenvalue weighted by Crippen LogP contribution is -2.12. The summed E-state index contributed by atoms with van der Waals surface area (Å²) >= 11 is 3.15. The molecule has 9 heteroatoms. The van der Waals surface area contributed by atoms with Crippen LogP contribution in [0.3, 0.4) is 0 Å². The molecular weight excluding hydrogens is 358 g/mol. The van der Waals surface area contributed by atoms with Crippen molar-refractivity contribution >= 4 is 34.4 Å². The first-order valence-corrected chi connectivity index (χ1v) is 9.29. The van der Waals surface area contributed by atoms with Crippen molar-refractivity contribution in [2.75, 3.05) is 5.32 Å². The zero-order chi connectivity index (χ0) is 17.1. The van der Waals surface area contributed by atoms with Crippen LogP contribution in [-0.2, 0) is 11.2 Å². The Kier molecular flexibility index (Phi) is 4.40. The Morgan fingerprint density at radius 1 is 1.20 bits per heavy atom. The Hall–Kier alpha value is -2.78. The summed E-state index contributed by atoms with van der Waals surface area (Å²) in [4.78, 5) is 18.4. The highest BCUT2D eigenvalue weighted by Gasteiger charge is 2.12. The Labute approximate surface area is 150 Å². The van der Waals surface area contributed by atoms with E-state index in [9.17, 15) is 4.79 Å². The SMILES string of the molecule is O=C(CCc1nc(-c2cccs2)no1)Nc1cc(-c2cccs2)[nH]n1. The third-order valence-corrected chi connectivity index (χ3v) is 5.18. The number of rotatable bonds is 6. The zero-order valence-corrected chi connectivity index (χ0v) is 14.6. The third kappa shape index (κ3) is 3.67. The minimum atomic E-state index is -0.153. The van der Waals surface area contributed by atoms with Gasteiger partial charge in [-0.3, -0.25) is 9.89 Å². The van der Waals surface area contributed by atoms with E-state index in [1.54, 1.807) is 22.7 Å². The Balaban J connectivity index is 1.32. The lowest BCUT2D eigenvalue weighted by molar-refractivity contribution is -0.116. The van der Waals surface area contributed by atoms with Gasteiger partial charge < -0.3 is 9.84 Å². The van der Waals surface area contributed by atoms with Crippen LogP contribution < -0.4 is 5.32 Å². The van der Waals surface area contributed by atoms with Gasteiger partial charge in [-0.1, -0.05) is 17.3 Å². The second-order valence-corrected chi connectivity index (χ2v) is 7.08. The lowest BCUT2D eigenvalue weighted by Gasteiger charge is -1.98. The summed E-state index contributed by atoms with van der Waals surface area (Å²) in [5, 5.41) is 17.7. The molecule has 0 aliphatic rings. The fourth-order valence-electron chi connectivity index (χ4n) is 2.23. The monoisotopic (exact) mass is 371 g/mol. The van der Waals surface area contributed by atoms with Crippen LogP contribution in [0.15, 0.2) is 45.6 Å². The molecule has 4 heterocycles. The van der Waals surface area contributed by atoms with E-state index in [-0.39, 0.29) is 12.3 Å². The van der Waals surface area contributed by atoms with Gasteiger partial charge in [-0.2, -0.15) is 10.1 Å². The molecule has 0 saturated heterocycles. The van der Waals surface area contributed by atoms with Crippen LogP contribution in [0.2, 0.25) is 0 Å². The maximum Gasteiger partial charge on any atom is 0.227 e. The molecule has 126 valence electrons. The highest BCUT2D eigenvalue weighted by atomic mass is 32.1. The van der Waals surface area contributed by atoms with Gasteiger partial charge in [0, 0.05) is 18.9 Å². The first-order valence-electron chi connectivity index (χ1n) is 7.53. The number of anilines is 1. The highest BCUT2D eigenvalue weighted by molar-refractivity contribution is 7.13. The molecule has 0 aromatic carbocycles. The number of nitrogens with zero attached hydrogens (tertiary/aromatic N) is 3. The van der Waals surface area contributed by atoms with Crippen molar-refractivity contribution in [3.05, 3.63) is 47.0 Å². The number of thiophene rings is 2. The number of hydrogen-bond acceptors (Lipinski definition) is 7. The van der Waals surface area contributed by atoms with Crippen LogP contribution in [0.4, 0.5) is 5.82 Å². The Bertz CT molecular complexity index is 957. The predicted molar refractivity (Wildman–Crippen MR) is 96.5 cm³/mol. The average Bonchev–Trinajstić information content (AvgIpc) is 3.40. The molecule has 0 unspecified atom stereocenters. The lowest BCUT2D eigenvalue weighted by atomic mass is 10.3. The summed E-state index contributed by atoms with van der Waals surface area (Å²) in [6, 6.07) is 9.62. The second-order valence-electron chi connectivity index (χ2n) is 5.18. The molecule has 1 amide bonds. The zero-order valence-electron chi connectivity index (χ0n) is 12.9. The van der Waals surface area contributed by atoms with E-state index in [0.717, 1.165) is 15.4 Å². The molecule has 0 aliphatic heterocycles. The van der Waals surface area contributed by atoms with Crippen molar-refractivity contribution in [2.45, 2.75) is 12.8 Å². The van der Waals surface area contributed by atoms with Gasteiger partial charge in [-0.15, -0.1) is 22.7 Å². The minimum absolute atomic E-state index is 0.153. The van der Waals surface area contributed by atoms with Gasteiger partial charge in [0.25, 0.3) is 0 Å². The van der Waals surface area contributed by atoms with E-state index in [1.165, 1.54) is 0 Å². The number of carbonyl (C=O) groups is 1. The van der Waals surface area contributed by atoms with Gasteiger partial charge in [-0.25, -0.2) is 0 Å². The van der Waals surface area contributed by atoms with Crippen molar-refractivity contribution in [1.29, 1.82) is 0 Å². The molecule has 0 saturated carbocycles. The van der Waals surface area contributed by atoms with Gasteiger partial charge in [0.05, 0.1) is 15.4 Å². The standard InChI is InChI=1S/C16H13N5O2S2/c22-14(17-13-9-10(19-20-13)11-3-1-7-24-11)5-6-15-18-16(21-23-15)12-4-2-8-25-12/h1-4,7-9H,5-6H2,(H2,17,19,20,22). The molecule has 0 bridgehead atoms. The van der Waals surface area contributed by atoms with Crippen LogP contribution in [-0.4, -0.2) is 26.2 Å². The number of aryl methyl sites for hydroxylation is 1. The normalized spacial score (nSPS) is 10.9. The van der Waals surface area contributed by atoms with Crippen molar-refractivity contribution < 1.29 is 9.32 Å². The molecule has 7 nitrogen and oxygen atoms in total.